The molecule has 2 rings (SSSR count). The van der Waals surface area contributed by atoms with Crippen LogP contribution in [0.15, 0.2) is 18.2 Å². The van der Waals surface area contributed by atoms with E-state index in [4.69, 9.17) is 4.74 Å². The highest BCUT2D eigenvalue weighted by Crippen LogP contribution is 2.20. The van der Waals surface area contributed by atoms with Gasteiger partial charge in [-0.05, 0) is 19.1 Å². The van der Waals surface area contributed by atoms with Crippen molar-refractivity contribution in [3.8, 4) is 5.75 Å². The van der Waals surface area contributed by atoms with Gasteiger partial charge < -0.3 is 9.30 Å². The number of hydrogen-bond donors (Lipinski definition) is 0. The zero-order valence-electron chi connectivity index (χ0n) is 8.03. The van der Waals surface area contributed by atoms with Crippen LogP contribution in [0.5, 0.6) is 5.75 Å². The number of fused-ring (bicyclic) bond motifs is 1. The zero-order chi connectivity index (χ0) is 9.42. The number of ether oxygens (including phenoxy) is 1. The molecule has 0 amide bonds. The summed E-state index contributed by atoms with van der Waals surface area (Å²) in [6.45, 7) is 1.99. The van der Waals surface area contributed by atoms with Crippen LogP contribution in [-0.2, 0) is 7.05 Å². The molecule has 0 spiro atoms. The largest absolute Gasteiger partial charge is 0.497 e. The molecular weight excluding hydrogens is 164 g/mol. The number of imidazole rings is 1. The van der Waals surface area contributed by atoms with Gasteiger partial charge >= 0.3 is 0 Å². The quantitative estimate of drug-likeness (QED) is 0.663. The van der Waals surface area contributed by atoms with Crippen molar-refractivity contribution in [2.45, 2.75) is 6.92 Å². The van der Waals surface area contributed by atoms with Crippen molar-refractivity contribution in [3.05, 3.63) is 24.0 Å². The maximum Gasteiger partial charge on any atom is 0.121 e. The molecule has 1 aromatic carbocycles. The van der Waals surface area contributed by atoms with Gasteiger partial charge in [0.1, 0.15) is 11.6 Å². The summed E-state index contributed by atoms with van der Waals surface area (Å²) in [5.74, 6) is 1.87. The Labute approximate surface area is 77.0 Å². The second-order valence-electron chi connectivity index (χ2n) is 3.07. The second-order valence-corrected chi connectivity index (χ2v) is 3.07. The van der Waals surface area contributed by atoms with Crippen molar-refractivity contribution < 1.29 is 4.74 Å². The molecule has 0 saturated heterocycles. The van der Waals surface area contributed by atoms with Crippen LogP contribution in [-0.4, -0.2) is 16.7 Å². The first-order valence-electron chi connectivity index (χ1n) is 4.19. The molecule has 68 valence electrons. The summed E-state index contributed by atoms with van der Waals surface area (Å²) in [6.07, 6.45) is 0. The normalized spacial score (nSPS) is 10.7. The molecule has 0 unspecified atom stereocenters. The van der Waals surface area contributed by atoms with Crippen LogP contribution >= 0.6 is 0 Å². The van der Waals surface area contributed by atoms with Crippen molar-refractivity contribution in [1.29, 1.82) is 0 Å². The van der Waals surface area contributed by atoms with Crippen LogP contribution < -0.4 is 4.74 Å². The van der Waals surface area contributed by atoms with Crippen molar-refractivity contribution in [3.63, 3.8) is 0 Å². The second kappa shape index (κ2) is 2.76. The number of aromatic nitrogens is 2. The monoisotopic (exact) mass is 176 g/mol. The summed E-state index contributed by atoms with van der Waals surface area (Å²) < 4.78 is 7.19. The molecule has 0 atom stereocenters. The van der Waals surface area contributed by atoms with E-state index >= 15 is 0 Å². The van der Waals surface area contributed by atoms with E-state index in [2.05, 4.69) is 9.55 Å². The lowest BCUT2D eigenvalue weighted by molar-refractivity contribution is 0.415. The minimum Gasteiger partial charge on any atom is -0.497 e. The van der Waals surface area contributed by atoms with E-state index in [1.165, 1.54) is 0 Å². The molecular formula is C10H12N2O. The van der Waals surface area contributed by atoms with E-state index in [0.29, 0.717) is 0 Å². The Hall–Kier alpha value is -1.51. The summed E-state index contributed by atoms with van der Waals surface area (Å²) in [5, 5.41) is 0. The van der Waals surface area contributed by atoms with E-state index in [0.717, 1.165) is 22.6 Å². The van der Waals surface area contributed by atoms with Gasteiger partial charge in [0, 0.05) is 13.1 Å². The summed E-state index contributed by atoms with van der Waals surface area (Å²) >= 11 is 0. The Bertz CT molecular complexity index is 445. The highest BCUT2D eigenvalue weighted by molar-refractivity contribution is 5.77. The summed E-state index contributed by atoms with van der Waals surface area (Å²) in [4.78, 5) is 4.40. The smallest absolute Gasteiger partial charge is 0.121 e. The molecule has 1 heterocycles. The maximum atomic E-state index is 5.12. The summed E-state index contributed by atoms with van der Waals surface area (Å²) in [5.41, 5.74) is 2.12. The maximum absolute atomic E-state index is 5.12. The lowest BCUT2D eigenvalue weighted by Gasteiger charge is -1.99. The van der Waals surface area contributed by atoms with Crippen molar-refractivity contribution in [2.75, 3.05) is 7.11 Å². The lowest BCUT2D eigenvalue weighted by atomic mass is 10.3. The third kappa shape index (κ3) is 1.16. The minimum absolute atomic E-state index is 0.852. The molecule has 3 heteroatoms. The minimum atomic E-state index is 0.852. The molecule has 3 nitrogen and oxygen atoms in total. The molecule has 0 N–H and O–H groups in total. The summed E-state index contributed by atoms with van der Waals surface area (Å²) in [7, 11) is 3.67. The number of nitrogens with zero attached hydrogens (tertiary/aromatic N) is 2. The first kappa shape index (κ1) is 8.10. The Morgan fingerprint density at radius 3 is 2.85 bits per heavy atom. The van der Waals surface area contributed by atoms with E-state index in [1.54, 1.807) is 7.11 Å². The standard InChI is InChI=1S/C10H12N2O/c1-7-11-9-6-8(13-3)4-5-10(9)12(7)2/h4-6H,1-3H3. The number of aryl methyl sites for hydroxylation is 2. The molecule has 13 heavy (non-hydrogen) atoms. The van der Waals surface area contributed by atoms with Gasteiger partial charge in [-0.25, -0.2) is 4.98 Å². The van der Waals surface area contributed by atoms with Crippen LogP contribution in [0.3, 0.4) is 0 Å². The van der Waals surface area contributed by atoms with E-state index in [1.807, 2.05) is 32.2 Å². The van der Waals surface area contributed by atoms with Crippen molar-refractivity contribution >= 4 is 11.0 Å². The first-order valence-corrected chi connectivity index (χ1v) is 4.19. The average molecular weight is 176 g/mol. The Morgan fingerprint density at radius 1 is 1.38 bits per heavy atom. The van der Waals surface area contributed by atoms with Gasteiger partial charge in [0.25, 0.3) is 0 Å². The van der Waals surface area contributed by atoms with E-state index < -0.39 is 0 Å². The first-order chi connectivity index (χ1) is 6.22. The highest BCUT2D eigenvalue weighted by atomic mass is 16.5. The number of rotatable bonds is 1. The van der Waals surface area contributed by atoms with Crippen LogP contribution in [0.1, 0.15) is 5.82 Å². The van der Waals surface area contributed by atoms with Gasteiger partial charge in [-0.15, -0.1) is 0 Å². The van der Waals surface area contributed by atoms with Gasteiger partial charge in [-0.3, -0.25) is 0 Å². The van der Waals surface area contributed by atoms with Gasteiger partial charge in [0.2, 0.25) is 0 Å². The summed E-state index contributed by atoms with van der Waals surface area (Å²) in [6, 6.07) is 5.92. The van der Waals surface area contributed by atoms with Crippen LogP contribution in [0.2, 0.25) is 0 Å². The number of benzene rings is 1. The van der Waals surface area contributed by atoms with Gasteiger partial charge in [0.15, 0.2) is 0 Å². The molecule has 0 aliphatic carbocycles. The predicted molar refractivity (Wildman–Crippen MR) is 52.0 cm³/mol. The van der Waals surface area contributed by atoms with Crippen molar-refractivity contribution in [1.82, 2.24) is 9.55 Å². The Balaban J connectivity index is 2.73. The van der Waals surface area contributed by atoms with Crippen LogP contribution in [0, 0.1) is 6.92 Å². The van der Waals surface area contributed by atoms with Gasteiger partial charge in [-0.2, -0.15) is 0 Å². The Morgan fingerprint density at radius 2 is 2.15 bits per heavy atom. The molecule has 1 aromatic heterocycles. The topological polar surface area (TPSA) is 27.1 Å². The van der Waals surface area contributed by atoms with E-state index in [-0.39, 0.29) is 0 Å². The molecule has 0 fully saturated rings. The SMILES string of the molecule is COc1ccc2c(c1)nc(C)n2C. The fourth-order valence-corrected chi connectivity index (χ4v) is 1.43. The highest BCUT2D eigenvalue weighted by Gasteiger charge is 2.03. The predicted octanol–water partition coefficient (Wildman–Crippen LogP) is 1.89. The number of hydrogen-bond acceptors (Lipinski definition) is 2. The molecule has 2 aromatic rings. The van der Waals surface area contributed by atoms with Crippen LogP contribution in [0.25, 0.3) is 11.0 Å². The molecule has 0 radical (unpaired) electrons. The third-order valence-electron chi connectivity index (χ3n) is 2.31. The fraction of sp³-hybridized carbons (Fsp3) is 0.300. The molecule has 0 aliphatic heterocycles. The zero-order valence-corrected chi connectivity index (χ0v) is 8.03. The van der Waals surface area contributed by atoms with Gasteiger partial charge in [0.05, 0.1) is 18.1 Å². The number of methoxy groups -OCH3 is 1. The van der Waals surface area contributed by atoms with Crippen molar-refractivity contribution in [2.24, 2.45) is 7.05 Å². The van der Waals surface area contributed by atoms with Crippen LogP contribution in [0.4, 0.5) is 0 Å². The third-order valence-corrected chi connectivity index (χ3v) is 2.31. The molecule has 0 aliphatic rings. The van der Waals surface area contributed by atoms with E-state index in [9.17, 15) is 0 Å². The lowest BCUT2D eigenvalue weighted by Crippen LogP contribution is -1.89. The fourth-order valence-electron chi connectivity index (χ4n) is 1.43. The average Bonchev–Trinajstić information content (AvgIpc) is 2.42. The van der Waals surface area contributed by atoms with Gasteiger partial charge in [-0.1, -0.05) is 0 Å². The molecule has 0 bridgehead atoms. The molecule has 0 saturated carbocycles. The Kier molecular flexibility index (Phi) is 1.72.